The molecule has 0 spiro atoms. The molecule has 0 bridgehead atoms. The third-order valence-electron chi connectivity index (χ3n) is 6.40. The summed E-state index contributed by atoms with van der Waals surface area (Å²) in [6.07, 6.45) is 1.84. The van der Waals surface area contributed by atoms with E-state index in [1.165, 1.54) is 0 Å². The normalized spacial score (nSPS) is 14.1. The van der Waals surface area contributed by atoms with Crippen LogP contribution in [0.4, 0.5) is 17.1 Å². The second-order valence-corrected chi connectivity index (χ2v) is 8.60. The van der Waals surface area contributed by atoms with Gasteiger partial charge in [0.25, 0.3) is 11.4 Å². The van der Waals surface area contributed by atoms with Gasteiger partial charge in [-0.3, -0.25) is 0 Å². The van der Waals surface area contributed by atoms with Gasteiger partial charge in [-0.2, -0.15) is 0 Å². The van der Waals surface area contributed by atoms with Crippen molar-refractivity contribution in [2.24, 2.45) is 0 Å². The molecule has 0 saturated heterocycles. The van der Waals surface area contributed by atoms with Crippen molar-refractivity contribution in [1.82, 2.24) is 0 Å². The molecule has 39 heavy (non-hydrogen) atoms. The van der Waals surface area contributed by atoms with Crippen LogP contribution in [0.3, 0.4) is 0 Å². The fraction of sp³-hybridized carbons (Fsp3) is 0. The molecule has 0 radical (unpaired) electrons. The molecule has 5 heteroatoms. The van der Waals surface area contributed by atoms with Gasteiger partial charge in [-0.1, -0.05) is 72.8 Å². The minimum Gasteiger partial charge on any atom is -0.311 e. The number of para-hydroxylation sites is 2. The van der Waals surface area contributed by atoms with Crippen molar-refractivity contribution in [3.8, 4) is 12.1 Å². The first kappa shape index (κ1) is 24.5. The average Bonchev–Trinajstić information content (AvgIpc) is 3.30. The molecular formula is C34H19N5. The molecule has 0 aromatic heterocycles. The Morgan fingerprint density at radius 2 is 1.00 bits per heavy atom. The van der Waals surface area contributed by atoms with Gasteiger partial charge in [0.2, 0.25) is 0 Å². The van der Waals surface area contributed by atoms with Crippen LogP contribution in [0.2, 0.25) is 0 Å². The van der Waals surface area contributed by atoms with E-state index in [1.54, 1.807) is 0 Å². The number of allylic oxidation sites excluding steroid dienone is 5. The van der Waals surface area contributed by atoms with E-state index >= 15 is 0 Å². The van der Waals surface area contributed by atoms with Crippen molar-refractivity contribution in [3.63, 3.8) is 0 Å². The highest BCUT2D eigenvalue weighted by molar-refractivity contribution is 6.14. The third-order valence-corrected chi connectivity index (χ3v) is 6.40. The molecule has 4 aromatic rings. The molecule has 0 amide bonds. The van der Waals surface area contributed by atoms with Crippen molar-refractivity contribution in [2.45, 2.75) is 0 Å². The van der Waals surface area contributed by atoms with Crippen LogP contribution in [-0.2, 0) is 0 Å². The topological polar surface area (TPSA) is 59.5 Å². The first-order valence-electron chi connectivity index (χ1n) is 12.1. The fourth-order valence-corrected chi connectivity index (χ4v) is 4.75. The molecular weight excluding hydrogens is 478 g/mol. The molecule has 0 N–H and O–H groups in total. The number of hydrogen-bond donors (Lipinski definition) is 0. The number of fused-ring (bicyclic) bond motifs is 1. The van der Waals surface area contributed by atoms with E-state index in [2.05, 4.69) is 14.6 Å². The van der Waals surface area contributed by atoms with E-state index in [9.17, 15) is 10.5 Å². The maximum absolute atomic E-state index is 9.75. The van der Waals surface area contributed by atoms with Crippen molar-refractivity contribution in [2.75, 3.05) is 4.90 Å². The highest BCUT2D eigenvalue weighted by Crippen LogP contribution is 2.49. The lowest BCUT2D eigenvalue weighted by molar-refractivity contribution is 1.28. The van der Waals surface area contributed by atoms with Crippen LogP contribution in [0.15, 0.2) is 126 Å². The summed E-state index contributed by atoms with van der Waals surface area (Å²) < 4.78 is 0. The molecule has 1 aliphatic rings. The SMILES string of the molecule is [C-]#[N+]/C(C#N)=C1\C(=Cc2ccc(N(c3ccccc3)c3ccccc3)cc2)/C(=C(/C#N)[N+]#[C-])c2ccccc21. The second kappa shape index (κ2) is 10.9. The molecule has 0 atom stereocenters. The largest absolute Gasteiger partial charge is 0.311 e. The molecule has 0 heterocycles. The lowest BCUT2D eigenvalue weighted by atomic mass is 9.97. The first-order valence-corrected chi connectivity index (χ1v) is 12.1. The van der Waals surface area contributed by atoms with E-state index in [-0.39, 0.29) is 11.4 Å². The van der Waals surface area contributed by atoms with Crippen LogP contribution in [0, 0.1) is 35.8 Å². The van der Waals surface area contributed by atoms with Gasteiger partial charge in [0, 0.05) is 28.2 Å². The Kier molecular flexibility index (Phi) is 6.84. The predicted octanol–water partition coefficient (Wildman–Crippen LogP) is 8.56. The van der Waals surface area contributed by atoms with Gasteiger partial charge < -0.3 is 4.90 Å². The van der Waals surface area contributed by atoms with Crippen molar-refractivity contribution in [3.05, 3.63) is 166 Å². The summed E-state index contributed by atoms with van der Waals surface area (Å²) in [6.45, 7) is 15.2. The van der Waals surface area contributed by atoms with E-state index in [0.717, 1.165) is 22.6 Å². The summed E-state index contributed by atoms with van der Waals surface area (Å²) in [5.74, 6) is 0. The molecule has 4 aromatic carbocycles. The summed E-state index contributed by atoms with van der Waals surface area (Å²) in [6, 6.07) is 39.3. The zero-order valence-corrected chi connectivity index (χ0v) is 20.7. The number of benzene rings is 4. The maximum atomic E-state index is 9.75. The predicted molar refractivity (Wildman–Crippen MR) is 154 cm³/mol. The average molecular weight is 498 g/mol. The lowest BCUT2D eigenvalue weighted by Crippen LogP contribution is -2.09. The Morgan fingerprint density at radius 3 is 1.41 bits per heavy atom. The van der Waals surface area contributed by atoms with E-state index in [4.69, 9.17) is 13.1 Å². The van der Waals surface area contributed by atoms with Crippen molar-refractivity contribution < 1.29 is 0 Å². The summed E-state index contributed by atoms with van der Waals surface area (Å²) in [7, 11) is 0. The van der Waals surface area contributed by atoms with Gasteiger partial charge in [0.1, 0.15) is 0 Å². The molecule has 0 fully saturated rings. The molecule has 0 saturated carbocycles. The quantitative estimate of drug-likeness (QED) is 0.210. The fourth-order valence-electron chi connectivity index (χ4n) is 4.75. The van der Waals surface area contributed by atoms with Gasteiger partial charge in [-0.05, 0) is 64.7 Å². The van der Waals surface area contributed by atoms with Crippen LogP contribution in [0.1, 0.15) is 16.7 Å². The van der Waals surface area contributed by atoms with Crippen LogP contribution in [0.5, 0.6) is 0 Å². The monoisotopic (exact) mass is 497 g/mol. The summed E-state index contributed by atoms with van der Waals surface area (Å²) in [5, 5.41) is 19.5. The summed E-state index contributed by atoms with van der Waals surface area (Å²) in [4.78, 5) is 9.09. The zero-order chi connectivity index (χ0) is 27.2. The van der Waals surface area contributed by atoms with Gasteiger partial charge in [0.05, 0.1) is 25.3 Å². The van der Waals surface area contributed by atoms with E-state index < -0.39 is 0 Å². The van der Waals surface area contributed by atoms with Crippen molar-refractivity contribution >= 4 is 34.3 Å². The van der Waals surface area contributed by atoms with Gasteiger partial charge in [-0.25, -0.2) is 20.2 Å². The highest BCUT2D eigenvalue weighted by atomic mass is 15.1. The van der Waals surface area contributed by atoms with Crippen LogP contribution in [-0.4, -0.2) is 0 Å². The minimum absolute atomic E-state index is 0.0816. The van der Waals surface area contributed by atoms with Crippen LogP contribution in [0.25, 0.3) is 26.9 Å². The lowest BCUT2D eigenvalue weighted by Gasteiger charge is -2.25. The van der Waals surface area contributed by atoms with Gasteiger partial charge in [-0.15, -0.1) is 0 Å². The van der Waals surface area contributed by atoms with Crippen LogP contribution < -0.4 is 4.90 Å². The number of nitriles is 2. The summed E-state index contributed by atoms with van der Waals surface area (Å²) in [5.41, 5.74) is 6.36. The zero-order valence-electron chi connectivity index (χ0n) is 20.7. The molecule has 180 valence electrons. The molecule has 0 unspecified atom stereocenters. The Morgan fingerprint density at radius 1 is 0.590 bits per heavy atom. The van der Waals surface area contributed by atoms with Crippen LogP contribution >= 0.6 is 0 Å². The van der Waals surface area contributed by atoms with Gasteiger partial charge in [0.15, 0.2) is 0 Å². The third kappa shape index (κ3) is 4.57. The summed E-state index contributed by atoms with van der Waals surface area (Å²) >= 11 is 0. The Hall–Kier alpha value is -6.14. The Labute approximate surface area is 227 Å². The number of rotatable bonds is 4. The molecule has 5 nitrogen and oxygen atoms in total. The standard InChI is InChI=1S/C34H19N5/c1-37-31(22-35)33-28-15-9-10-16-29(28)34(32(23-36)38-2)30(33)21-24-17-19-27(20-18-24)39(25-11-5-3-6-12-25)26-13-7-4-8-14-26/h3-21H/b33-31-,34-32-. The second-order valence-electron chi connectivity index (χ2n) is 8.60. The molecule has 0 aliphatic heterocycles. The van der Waals surface area contributed by atoms with Gasteiger partial charge >= 0.3 is 0 Å². The minimum atomic E-state index is -0.0816. The highest BCUT2D eigenvalue weighted by Gasteiger charge is 2.31. The number of hydrogen-bond acceptors (Lipinski definition) is 3. The Balaban J connectivity index is 1.67. The first-order chi connectivity index (χ1) is 19.2. The van der Waals surface area contributed by atoms with E-state index in [1.807, 2.05) is 127 Å². The number of nitrogens with zero attached hydrogens (tertiary/aromatic N) is 5. The Bertz CT molecular complexity index is 1670. The smallest absolute Gasteiger partial charge is 0.270 e. The van der Waals surface area contributed by atoms with Crippen molar-refractivity contribution in [1.29, 1.82) is 10.5 Å². The number of anilines is 3. The molecule has 5 rings (SSSR count). The van der Waals surface area contributed by atoms with E-state index in [0.29, 0.717) is 27.8 Å². The molecule has 1 aliphatic carbocycles. The maximum Gasteiger partial charge on any atom is 0.270 e.